The summed E-state index contributed by atoms with van der Waals surface area (Å²) in [5.74, 6) is 0.147. The molecule has 0 aliphatic heterocycles. The normalized spacial score (nSPS) is 12.3. The highest BCUT2D eigenvalue weighted by Crippen LogP contribution is 2.29. The van der Waals surface area contributed by atoms with Crippen molar-refractivity contribution in [2.75, 3.05) is 0 Å². The van der Waals surface area contributed by atoms with Gasteiger partial charge in [-0.3, -0.25) is 4.79 Å². The Morgan fingerprint density at radius 3 is 2.66 bits per heavy atom. The molecule has 0 aliphatic rings. The van der Waals surface area contributed by atoms with Crippen molar-refractivity contribution in [3.05, 3.63) is 65.0 Å². The largest absolute Gasteiger partial charge is 0.322 e. The average Bonchev–Trinajstić information content (AvgIpc) is 3.10. The number of rotatable bonds is 6. The van der Waals surface area contributed by atoms with Crippen molar-refractivity contribution in [3.8, 4) is 12.1 Å². The van der Waals surface area contributed by atoms with Gasteiger partial charge >= 0.3 is 0 Å². The minimum Gasteiger partial charge on any atom is -0.322 e. The molecule has 29 heavy (non-hydrogen) atoms. The third kappa shape index (κ3) is 4.05. The molecule has 1 unspecified atom stereocenters. The summed E-state index contributed by atoms with van der Waals surface area (Å²) in [6.07, 6.45) is 2.02. The van der Waals surface area contributed by atoms with Gasteiger partial charge in [-0.05, 0) is 55.5 Å². The van der Waals surface area contributed by atoms with E-state index in [9.17, 15) is 15.3 Å². The van der Waals surface area contributed by atoms with Gasteiger partial charge in [0.1, 0.15) is 6.07 Å². The number of aromatic nitrogens is 2. The number of carbonyl (C=O) groups excluding carboxylic acids is 1. The maximum Gasteiger partial charge on any atom is 0.153 e. The van der Waals surface area contributed by atoms with Crippen LogP contribution in [0, 0.1) is 29.6 Å². The van der Waals surface area contributed by atoms with Gasteiger partial charge in [0, 0.05) is 6.42 Å². The molecule has 0 radical (unpaired) electrons. The first-order chi connectivity index (χ1) is 13.8. The van der Waals surface area contributed by atoms with Crippen LogP contribution in [0.15, 0.2) is 42.7 Å². The average molecular weight is 384 g/mol. The summed E-state index contributed by atoms with van der Waals surface area (Å²) in [6, 6.07) is 16.0. The molecule has 0 amide bonds. The summed E-state index contributed by atoms with van der Waals surface area (Å²) in [4.78, 5) is 17.0. The van der Waals surface area contributed by atoms with Gasteiger partial charge in [-0.2, -0.15) is 10.5 Å². The highest BCUT2D eigenvalue weighted by molar-refractivity contribution is 5.85. The van der Waals surface area contributed by atoms with E-state index in [1.807, 2.05) is 45.9 Å². The van der Waals surface area contributed by atoms with Crippen LogP contribution in [-0.4, -0.2) is 15.3 Å². The second-order valence-corrected chi connectivity index (χ2v) is 8.11. The van der Waals surface area contributed by atoms with E-state index < -0.39 is 5.41 Å². The van der Waals surface area contributed by atoms with Crippen LogP contribution >= 0.6 is 0 Å². The number of nitrogens with zero attached hydrogens (tertiary/aromatic N) is 4. The van der Waals surface area contributed by atoms with E-state index in [1.165, 1.54) is 0 Å². The molecule has 0 saturated carbocycles. The smallest absolute Gasteiger partial charge is 0.153 e. The van der Waals surface area contributed by atoms with Crippen LogP contribution in [-0.2, 0) is 16.8 Å². The van der Waals surface area contributed by atoms with Gasteiger partial charge in [-0.1, -0.05) is 31.2 Å². The number of hydrogen-bond acceptors (Lipinski definition) is 4. The topological polar surface area (TPSA) is 82.5 Å². The Labute approximate surface area is 171 Å². The SMILES string of the molecule is Cc1cc(C(C)CC(=O)Cn2cnc3cccc(C#N)c32)ccc1C(C)(C)C#N. The maximum atomic E-state index is 12.7. The molecule has 5 nitrogen and oxygen atoms in total. The zero-order chi connectivity index (χ0) is 21.2. The molecule has 0 bridgehead atoms. The Morgan fingerprint density at radius 2 is 2.00 bits per heavy atom. The van der Waals surface area contributed by atoms with Crippen molar-refractivity contribution in [1.29, 1.82) is 10.5 Å². The van der Waals surface area contributed by atoms with Gasteiger partial charge in [0.05, 0.1) is 41.0 Å². The predicted molar refractivity (Wildman–Crippen MR) is 112 cm³/mol. The molecule has 0 spiro atoms. The minimum absolute atomic E-state index is 0.0608. The van der Waals surface area contributed by atoms with Crippen molar-refractivity contribution >= 4 is 16.8 Å². The van der Waals surface area contributed by atoms with E-state index in [4.69, 9.17) is 0 Å². The molecule has 3 rings (SSSR count). The van der Waals surface area contributed by atoms with Crippen LogP contribution in [0.5, 0.6) is 0 Å². The standard InChI is InChI=1S/C24H24N4O/c1-16(18-8-9-21(17(2)10-18)24(3,4)14-26)11-20(29)13-28-15-27-22-7-5-6-19(12-25)23(22)28/h5-10,15-16H,11,13H2,1-4H3. The molecular weight excluding hydrogens is 360 g/mol. The first-order valence-corrected chi connectivity index (χ1v) is 9.64. The maximum absolute atomic E-state index is 12.7. The van der Waals surface area contributed by atoms with Crippen molar-refractivity contribution in [3.63, 3.8) is 0 Å². The molecule has 0 N–H and O–H groups in total. The van der Waals surface area contributed by atoms with Gasteiger partial charge in [0.25, 0.3) is 0 Å². The Morgan fingerprint density at radius 1 is 1.24 bits per heavy atom. The fourth-order valence-electron chi connectivity index (χ4n) is 3.81. The third-order valence-electron chi connectivity index (χ3n) is 5.41. The van der Waals surface area contributed by atoms with Gasteiger partial charge in [-0.15, -0.1) is 0 Å². The molecule has 5 heteroatoms. The Hall–Kier alpha value is -3.44. The lowest BCUT2D eigenvalue weighted by atomic mass is 9.81. The summed E-state index contributed by atoms with van der Waals surface area (Å²) in [7, 11) is 0. The van der Waals surface area contributed by atoms with Crippen LogP contribution in [0.3, 0.4) is 0 Å². The number of para-hydroxylation sites is 1. The molecule has 146 valence electrons. The van der Waals surface area contributed by atoms with E-state index in [0.717, 1.165) is 22.2 Å². The number of ketones is 1. The van der Waals surface area contributed by atoms with E-state index in [0.29, 0.717) is 17.5 Å². The molecule has 2 aromatic carbocycles. The van der Waals surface area contributed by atoms with Crippen molar-refractivity contribution < 1.29 is 4.79 Å². The van der Waals surface area contributed by atoms with Crippen LogP contribution < -0.4 is 0 Å². The molecule has 3 aromatic rings. The summed E-state index contributed by atoms with van der Waals surface area (Å²) >= 11 is 0. The highest BCUT2D eigenvalue weighted by atomic mass is 16.1. The first kappa shape index (κ1) is 20.3. The predicted octanol–water partition coefficient (Wildman–Crippen LogP) is 4.78. The fraction of sp³-hybridized carbons (Fsp3) is 0.333. The van der Waals surface area contributed by atoms with Gasteiger partial charge in [0.2, 0.25) is 0 Å². The number of Topliss-reactive ketones (excluding diaryl/α,β-unsaturated/α-hetero) is 1. The lowest BCUT2D eigenvalue weighted by Crippen LogP contribution is -2.16. The lowest BCUT2D eigenvalue weighted by Gasteiger charge is -2.21. The number of fused-ring (bicyclic) bond motifs is 1. The summed E-state index contributed by atoms with van der Waals surface area (Å²) in [5.41, 5.74) is 4.56. The van der Waals surface area contributed by atoms with Gasteiger partial charge in [-0.25, -0.2) is 4.98 Å². The summed E-state index contributed by atoms with van der Waals surface area (Å²) in [6.45, 7) is 8.06. The quantitative estimate of drug-likeness (QED) is 0.612. The van der Waals surface area contributed by atoms with E-state index in [-0.39, 0.29) is 18.2 Å². The lowest BCUT2D eigenvalue weighted by molar-refractivity contribution is -0.119. The third-order valence-corrected chi connectivity index (χ3v) is 5.41. The zero-order valence-electron chi connectivity index (χ0n) is 17.2. The number of benzene rings is 2. The summed E-state index contributed by atoms with van der Waals surface area (Å²) in [5, 5.41) is 18.7. The number of imidazole rings is 1. The molecule has 1 atom stereocenters. The Balaban J connectivity index is 1.76. The van der Waals surface area contributed by atoms with Crippen molar-refractivity contribution in [1.82, 2.24) is 9.55 Å². The van der Waals surface area contributed by atoms with E-state index >= 15 is 0 Å². The molecule has 0 saturated heterocycles. The molecular formula is C24H24N4O. The Kier molecular flexibility index (Phi) is 5.52. The monoisotopic (exact) mass is 384 g/mol. The van der Waals surface area contributed by atoms with Gasteiger partial charge < -0.3 is 4.57 Å². The molecule has 1 heterocycles. The van der Waals surface area contributed by atoms with E-state index in [1.54, 1.807) is 23.0 Å². The van der Waals surface area contributed by atoms with Crippen LogP contribution in [0.25, 0.3) is 11.0 Å². The molecule has 0 fully saturated rings. The van der Waals surface area contributed by atoms with Crippen molar-refractivity contribution in [2.45, 2.75) is 52.0 Å². The minimum atomic E-state index is -0.539. The fourth-order valence-corrected chi connectivity index (χ4v) is 3.81. The zero-order valence-corrected chi connectivity index (χ0v) is 17.2. The van der Waals surface area contributed by atoms with Crippen molar-refractivity contribution in [2.24, 2.45) is 0 Å². The number of aryl methyl sites for hydroxylation is 1. The second kappa shape index (κ2) is 7.89. The molecule has 0 aliphatic carbocycles. The molecule has 1 aromatic heterocycles. The van der Waals surface area contributed by atoms with Crippen LogP contribution in [0.2, 0.25) is 0 Å². The second-order valence-electron chi connectivity index (χ2n) is 8.11. The summed E-state index contributed by atoms with van der Waals surface area (Å²) < 4.78 is 1.76. The van der Waals surface area contributed by atoms with Gasteiger partial charge in [0.15, 0.2) is 5.78 Å². The van der Waals surface area contributed by atoms with Crippen LogP contribution in [0.1, 0.15) is 55.4 Å². The number of hydrogen-bond donors (Lipinski definition) is 0. The Bertz CT molecular complexity index is 1160. The highest BCUT2D eigenvalue weighted by Gasteiger charge is 2.23. The van der Waals surface area contributed by atoms with E-state index in [2.05, 4.69) is 23.2 Å². The van der Waals surface area contributed by atoms with Crippen LogP contribution in [0.4, 0.5) is 0 Å². The first-order valence-electron chi connectivity index (χ1n) is 9.64. The number of nitriles is 2. The number of carbonyl (C=O) groups is 1.